The van der Waals surface area contributed by atoms with Gasteiger partial charge in [0, 0.05) is 12.1 Å². The van der Waals surface area contributed by atoms with Crippen LogP contribution in [0.1, 0.15) is 12.8 Å². The first kappa shape index (κ1) is 21.1. The van der Waals surface area contributed by atoms with Gasteiger partial charge in [0.05, 0.1) is 12.0 Å². The zero-order chi connectivity index (χ0) is 20.7. The zero-order valence-electron chi connectivity index (χ0n) is 16.1. The van der Waals surface area contributed by atoms with E-state index in [0.29, 0.717) is 18.2 Å². The Balaban J connectivity index is 1.68. The number of nitrogens with one attached hydrogen (secondary N) is 2. The first-order valence-electron chi connectivity index (χ1n) is 9.24. The van der Waals surface area contributed by atoms with Gasteiger partial charge in [-0.1, -0.05) is 0 Å². The Morgan fingerprint density at radius 2 is 2.00 bits per heavy atom. The smallest absolute Gasteiger partial charge is 0.262 e. The van der Waals surface area contributed by atoms with Crippen molar-refractivity contribution in [3.63, 3.8) is 0 Å². The van der Waals surface area contributed by atoms with Gasteiger partial charge in [0.1, 0.15) is 31.3 Å². The quantitative estimate of drug-likeness (QED) is 0.603. The van der Waals surface area contributed by atoms with Crippen LogP contribution in [-0.4, -0.2) is 53.0 Å². The monoisotopic (exact) mass is 425 g/mol. The third-order valence-electron chi connectivity index (χ3n) is 4.35. The number of methoxy groups -OCH3 is 1. The van der Waals surface area contributed by atoms with Gasteiger partial charge < -0.3 is 19.5 Å². The van der Waals surface area contributed by atoms with Crippen molar-refractivity contribution in [2.75, 3.05) is 38.3 Å². The lowest BCUT2D eigenvalue weighted by molar-refractivity contribution is 0.263. The van der Waals surface area contributed by atoms with Crippen LogP contribution in [0.15, 0.2) is 41.3 Å². The van der Waals surface area contributed by atoms with Gasteiger partial charge in [-0.25, -0.2) is 12.8 Å². The van der Waals surface area contributed by atoms with Crippen molar-refractivity contribution in [1.29, 1.82) is 0 Å². The number of nitrogens with zero attached hydrogens (tertiary/aromatic N) is 1. The van der Waals surface area contributed by atoms with E-state index < -0.39 is 16.7 Å². The molecule has 0 spiro atoms. The third kappa shape index (κ3) is 5.70. The minimum atomic E-state index is -3.87. The number of alkyl halides is 1. The molecule has 1 aromatic heterocycles. The highest BCUT2D eigenvalue weighted by molar-refractivity contribution is 7.92. The second-order valence-electron chi connectivity index (χ2n) is 6.42. The van der Waals surface area contributed by atoms with Crippen LogP contribution in [-0.2, 0) is 10.0 Å². The zero-order valence-corrected chi connectivity index (χ0v) is 16.9. The molecule has 0 bridgehead atoms. The van der Waals surface area contributed by atoms with Crippen LogP contribution < -0.4 is 24.2 Å². The van der Waals surface area contributed by atoms with E-state index in [0.717, 1.165) is 19.4 Å². The third-order valence-corrected chi connectivity index (χ3v) is 5.73. The number of hydrogen-bond donors (Lipinski definition) is 2. The number of benzene rings is 1. The number of sulfonamides is 1. The molecule has 8 nitrogen and oxygen atoms in total. The van der Waals surface area contributed by atoms with E-state index in [4.69, 9.17) is 14.2 Å². The Kier molecular flexibility index (Phi) is 7.10. The average Bonchev–Trinajstić information content (AvgIpc) is 3.25. The predicted molar refractivity (Wildman–Crippen MR) is 106 cm³/mol. The fourth-order valence-electron chi connectivity index (χ4n) is 2.90. The van der Waals surface area contributed by atoms with Crippen molar-refractivity contribution in [2.45, 2.75) is 23.8 Å². The summed E-state index contributed by atoms with van der Waals surface area (Å²) in [5, 5.41) is 3.33. The molecule has 2 N–H and O–H groups in total. The molecule has 2 aromatic rings. The summed E-state index contributed by atoms with van der Waals surface area (Å²) in [6, 6.07) is 9.10. The van der Waals surface area contributed by atoms with E-state index in [-0.39, 0.29) is 29.1 Å². The van der Waals surface area contributed by atoms with Gasteiger partial charge in [-0.15, -0.1) is 0 Å². The molecule has 29 heavy (non-hydrogen) atoms. The van der Waals surface area contributed by atoms with Crippen LogP contribution in [0.2, 0.25) is 0 Å². The largest absolute Gasteiger partial charge is 0.491 e. The van der Waals surface area contributed by atoms with Crippen molar-refractivity contribution in [1.82, 2.24) is 10.3 Å². The SMILES string of the molecule is COc1nc(OCC2CCCN2)ccc1NS(=O)(=O)c1ccc(OCCF)cc1. The molecule has 0 radical (unpaired) electrons. The maximum absolute atomic E-state index is 12.6. The molecule has 2 heterocycles. The summed E-state index contributed by atoms with van der Waals surface area (Å²) in [5.74, 6) is 0.848. The first-order chi connectivity index (χ1) is 14.0. The molecule has 3 rings (SSSR count). The van der Waals surface area contributed by atoms with Crippen molar-refractivity contribution in [3.8, 4) is 17.5 Å². The number of ether oxygens (including phenoxy) is 3. The van der Waals surface area contributed by atoms with Crippen molar-refractivity contribution >= 4 is 15.7 Å². The van der Waals surface area contributed by atoms with E-state index in [2.05, 4.69) is 15.0 Å². The number of halogens is 1. The Hall–Kier alpha value is -2.59. The van der Waals surface area contributed by atoms with Crippen LogP contribution in [0.25, 0.3) is 0 Å². The number of hydrogen-bond acceptors (Lipinski definition) is 7. The Bertz CT molecular complexity index is 903. The number of anilines is 1. The standard InChI is InChI=1S/C19H24FN3O5S/c1-26-19-17(8-9-18(22-19)28-13-14-3-2-11-21-14)23-29(24,25)16-6-4-15(5-7-16)27-12-10-20/h4-9,14,21,23H,2-3,10-13H2,1H3. The minimum Gasteiger partial charge on any atom is -0.491 e. The van der Waals surface area contributed by atoms with E-state index in [1.54, 1.807) is 12.1 Å². The molecule has 0 amide bonds. The molecule has 1 unspecified atom stereocenters. The fraction of sp³-hybridized carbons (Fsp3) is 0.421. The maximum Gasteiger partial charge on any atom is 0.262 e. The molecule has 10 heteroatoms. The van der Waals surface area contributed by atoms with Gasteiger partial charge in [0.25, 0.3) is 10.0 Å². The molecule has 1 atom stereocenters. The molecular formula is C19H24FN3O5S. The number of rotatable bonds is 10. The Morgan fingerprint density at radius 3 is 2.66 bits per heavy atom. The number of pyridine rings is 1. The van der Waals surface area contributed by atoms with Crippen LogP contribution >= 0.6 is 0 Å². The second kappa shape index (κ2) is 9.75. The second-order valence-corrected chi connectivity index (χ2v) is 8.11. The molecule has 0 saturated carbocycles. The summed E-state index contributed by atoms with van der Waals surface area (Å²) >= 11 is 0. The summed E-state index contributed by atoms with van der Waals surface area (Å²) in [5.41, 5.74) is 0.191. The summed E-state index contributed by atoms with van der Waals surface area (Å²) in [6.07, 6.45) is 2.17. The summed E-state index contributed by atoms with van der Waals surface area (Å²) in [6.45, 7) is 0.760. The van der Waals surface area contributed by atoms with E-state index in [1.165, 1.54) is 31.4 Å². The maximum atomic E-state index is 12.6. The summed E-state index contributed by atoms with van der Waals surface area (Å²) in [4.78, 5) is 4.25. The van der Waals surface area contributed by atoms with Crippen LogP contribution in [0, 0.1) is 0 Å². The van der Waals surface area contributed by atoms with Crippen molar-refractivity contribution in [3.05, 3.63) is 36.4 Å². The first-order valence-corrected chi connectivity index (χ1v) is 10.7. The molecule has 1 aromatic carbocycles. The van der Waals surface area contributed by atoms with Crippen LogP contribution in [0.3, 0.4) is 0 Å². The van der Waals surface area contributed by atoms with Gasteiger partial charge in [-0.3, -0.25) is 4.72 Å². The lowest BCUT2D eigenvalue weighted by atomic mass is 10.2. The Morgan fingerprint density at radius 1 is 1.21 bits per heavy atom. The fourth-order valence-corrected chi connectivity index (χ4v) is 3.95. The van der Waals surface area contributed by atoms with Gasteiger partial charge in [-0.2, -0.15) is 4.98 Å². The Labute approximate surface area is 169 Å². The van der Waals surface area contributed by atoms with Crippen LogP contribution in [0.5, 0.6) is 17.5 Å². The van der Waals surface area contributed by atoms with Gasteiger partial charge in [-0.05, 0) is 49.7 Å². The average molecular weight is 425 g/mol. The van der Waals surface area contributed by atoms with Crippen molar-refractivity contribution in [2.24, 2.45) is 0 Å². The van der Waals surface area contributed by atoms with E-state index in [1.807, 2.05) is 0 Å². The molecule has 1 fully saturated rings. The van der Waals surface area contributed by atoms with Gasteiger partial charge in [0.15, 0.2) is 0 Å². The van der Waals surface area contributed by atoms with Crippen LogP contribution in [0.4, 0.5) is 10.1 Å². The molecule has 1 aliphatic rings. The molecule has 1 saturated heterocycles. The normalized spacial score (nSPS) is 16.4. The highest BCUT2D eigenvalue weighted by atomic mass is 32.2. The lowest BCUT2D eigenvalue weighted by Crippen LogP contribution is -2.28. The number of aromatic nitrogens is 1. The highest BCUT2D eigenvalue weighted by Crippen LogP contribution is 2.28. The van der Waals surface area contributed by atoms with Gasteiger partial charge >= 0.3 is 0 Å². The van der Waals surface area contributed by atoms with E-state index in [9.17, 15) is 12.8 Å². The minimum absolute atomic E-state index is 0.0276. The summed E-state index contributed by atoms with van der Waals surface area (Å²) < 4.78 is 55.9. The predicted octanol–water partition coefficient (Wildman–Crippen LogP) is 2.37. The molecule has 1 aliphatic heterocycles. The van der Waals surface area contributed by atoms with Gasteiger partial charge in [0.2, 0.25) is 11.8 Å². The topological polar surface area (TPSA) is 98.8 Å². The lowest BCUT2D eigenvalue weighted by Gasteiger charge is -2.14. The van der Waals surface area contributed by atoms with Crippen molar-refractivity contribution < 1.29 is 27.0 Å². The molecule has 158 valence electrons. The summed E-state index contributed by atoms with van der Waals surface area (Å²) in [7, 11) is -2.47. The molecular weight excluding hydrogens is 401 g/mol. The highest BCUT2D eigenvalue weighted by Gasteiger charge is 2.19. The molecule has 0 aliphatic carbocycles. The van der Waals surface area contributed by atoms with E-state index >= 15 is 0 Å².